The average Bonchev–Trinajstić information content (AvgIpc) is 3.80. The zero-order valence-corrected chi connectivity index (χ0v) is 30.4. The van der Waals surface area contributed by atoms with Crippen LogP contribution in [0, 0.1) is 0 Å². The lowest BCUT2D eigenvalue weighted by Crippen LogP contribution is -2.28. The zero-order valence-electron chi connectivity index (χ0n) is 30.4. The molecule has 2 heterocycles. The summed E-state index contributed by atoms with van der Waals surface area (Å²) in [5, 5.41) is 2.21. The molecule has 0 amide bonds. The summed E-state index contributed by atoms with van der Waals surface area (Å²) in [6.07, 6.45) is 0. The molecular formula is C53H34N2O. The van der Waals surface area contributed by atoms with E-state index in [1.54, 1.807) is 0 Å². The first-order valence-corrected chi connectivity index (χ1v) is 19.1. The van der Waals surface area contributed by atoms with E-state index in [1.807, 2.05) is 24.3 Å². The first-order chi connectivity index (χ1) is 27.8. The van der Waals surface area contributed by atoms with E-state index in [1.165, 1.54) is 33.4 Å². The van der Waals surface area contributed by atoms with E-state index in [-0.39, 0.29) is 0 Å². The minimum absolute atomic E-state index is 0.580. The predicted molar refractivity (Wildman–Crippen MR) is 228 cm³/mol. The monoisotopic (exact) mass is 714 g/mol. The Bertz CT molecular complexity index is 2960. The quantitative estimate of drug-likeness (QED) is 0.172. The number of benzene rings is 8. The van der Waals surface area contributed by atoms with Gasteiger partial charge >= 0.3 is 0 Å². The molecule has 0 spiro atoms. The van der Waals surface area contributed by atoms with Gasteiger partial charge < -0.3 is 4.42 Å². The van der Waals surface area contributed by atoms with E-state index in [0.717, 1.165) is 61.1 Å². The van der Waals surface area contributed by atoms with Gasteiger partial charge in [-0.15, -0.1) is 0 Å². The van der Waals surface area contributed by atoms with Crippen molar-refractivity contribution in [2.75, 3.05) is 0 Å². The van der Waals surface area contributed by atoms with Crippen molar-refractivity contribution in [1.82, 2.24) is 9.97 Å². The van der Waals surface area contributed by atoms with Crippen LogP contribution in [-0.2, 0) is 5.41 Å². The molecule has 3 nitrogen and oxygen atoms in total. The van der Waals surface area contributed by atoms with Gasteiger partial charge in [-0.1, -0.05) is 170 Å². The normalized spacial score (nSPS) is 12.8. The highest BCUT2D eigenvalue weighted by Crippen LogP contribution is 2.58. The molecule has 10 aromatic rings. The standard InChI is InChI=1S/C53H34N2O/c1-5-17-35(18-6-1)48-34-49(36-19-7-2-8-20-36)55-52(54-48)45-33-47-44(32-43(45)37-29-30-42-41-26-14-16-28-50(41)56-51(42)31-37)40-25-13-15-27-46(40)53(47,38-21-9-3-10-22-38)39-23-11-4-12-24-39/h1-34H. The van der Waals surface area contributed by atoms with Gasteiger partial charge in [0.25, 0.3) is 0 Å². The van der Waals surface area contributed by atoms with Gasteiger partial charge in [-0.3, -0.25) is 0 Å². The molecule has 0 fully saturated rings. The molecule has 0 saturated heterocycles. The summed E-state index contributed by atoms with van der Waals surface area (Å²) < 4.78 is 6.48. The van der Waals surface area contributed by atoms with Crippen LogP contribution in [0.4, 0.5) is 0 Å². The van der Waals surface area contributed by atoms with Gasteiger partial charge in [0.05, 0.1) is 16.8 Å². The number of furan rings is 1. The van der Waals surface area contributed by atoms with Crippen LogP contribution >= 0.6 is 0 Å². The van der Waals surface area contributed by atoms with Crippen molar-refractivity contribution in [3.8, 4) is 56.2 Å². The SMILES string of the molecule is c1ccc(-c2cc(-c3ccccc3)nc(-c3cc4c(cc3-c3ccc5c(c3)oc3ccccc35)-c3ccccc3C4(c3ccccc3)c3ccccc3)n2)cc1. The molecule has 0 unspecified atom stereocenters. The molecule has 56 heavy (non-hydrogen) atoms. The number of hydrogen-bond acceptors (Lipinski definition) is 3. The molecule has 11 rings (SSSR count). The van der Waals surface area contributed by atoms with Gasteiger partial charge in [-0.2, -0.15) is 0 Å². The summed E-state index contributed by atoms with van der Waals surface area (Å²) >= 11 is 0. The second-order valence-electron chi connectivity index (χ2n) is 14.5. The zero-order chi connectivity index (χ0) is 37.1. The van der Waals surface area contributed by atoms with E-state index in [9.17, 15) is 0 Å². The fourth-order valence-electron chi connectivity index (χ4n) is 8.89. The Morgan fingerprint density at radius 1 is 0.339 bits per heavy atom. The van der Waals surface area contributed by atoms with Gasteiger partial charge in [0.15, 0.2) is 5.82 Å². The Hall–Kier alpha value is -7.36. The van der Waals surface area contributed by atoms with Crippen LogP contribution < -0.4 is 0 Å². The van der Waals surface area contributed by atoms with Gasteiger partial charge in [0, 0.05) is 27.5 Å². The molecule has 0 N–H and O–H groups in total. The molecule has 8 aromatic carbocycles. The lowest BCUT2D eigenvalue weighted by atomic mass is 9.67. The molecule has 3 heteroatoms. The summed E-state index contributed by atoms with van der Waals surface area (Å²) in [6.45, 7) is 0. The number of rotatable bonds is 6. The molecule has 0 bridgehead atoms. The van der Waals surface area contributed by atoms with Gasteiger partial charge in [0.1, 0.15) is 11.2 Å². The largest absolute Gasteiger partial charge is 0.456 e. The van der Waals surface area contributed by atoms with Crippen molar-refractivity contribution in [2.24, 2.45) is 0 Å². The number of para-hydroxylation sites is 1. The third kappa shape index (κ3) is 4.98. The van der Waals surface area contributed by atoms with Crippen molar-refractivity contribution < 1.29 is 4.42 Å². The number of aromatic nitrogens is 2. The van der Waals surface area contributed by atoms with Crippen molar-refractivity contribution in [3.63, 3.8) is 0 Å². The van der Waals surface area contributed by atoms with Crippen molar-refractivity contribution in [3.05, 3.63) is 229 Å². The molecule has 0 atom stereocenters. The Kier molecular flexibility index (Phi) is 7.39. The maximum absolute atomic E-state index is 6.48. The lowest BCUT2D eigenvalue weighted by Gasteiger charge is -2.34. The van der Waals surface area contributed by atoms with E-state index < -0.39 is 5.41 Å². The molecular weight excluding hydrogens is 681 g/mol. The highest BCUT2D eigenvalue weighted by molar-refractivity contribution is 6.06. The average molecular weight is 715 g/mol. The minimum Gasteiger partial charge on any atom is -0.456 e. The number of nitrogens with zero attached hydrogens (tertiary/aromatic N) is 2. The summed E-state index contributed by atoms with van der Waals surface area (Å²) in [4.78, 5) is 10.8. The topological polar surface area (TPSA) is 38.9 Å². The van der Waals surface area contributed by atoms with E-state index in [2.05, 4.69) is 182 Å². The first-order valence-electron chi connectivity index (χ1n) is 19.1. The van der Waals surface area contributed by atoms with Gasteiger partial charge in [-0.05, 0) is 80.9 Å². The molecule has 1 aliphatic carbocycles. The van der Waals surface area contributed by atoms with E-state index >= 15 is 0 Å². The molecule has 1 aliphatic rings. The minimum atomic E-state index is -0.580. The molecule has 0 aliphatic heterocycles. The summed E-state index contributed by atoms with van der Waals surface area (Å²) in [5.41, 5.74) is 15.3. The molecule has 262 valence electrons. The Balaban J connectivity index is 1.26. The number of fused-ring (bicyclic) bond motifs is 6. The van der Waals surface area contributed by atoms with Gasteiger partial charge in [-0.25, -0.2) is 9.97 Å². The summed E-state index contributed by atoms with van der Waals surface area (Å²) in [6, 6.07) is 73.3. The Labute approximate surface area is 325 Å². The van der Waals surface area contributed by atoms with Crippen LogP contribution in [0.5, 0.6) is 0 Å². The third-order valence-corrected chi connectivity index (χ3v) is 11.4. The molecule has 0 radical (unpaired) electrons. The van der Waals surface area contributed by atoms with Crippen molar-refractivity contribution in [2.45, 2.75) is 5.41 Å². The van der Waals surface area contributed by atoms with E-state index in [0.29, 0.717) is 5.82 Å². The maximum atomic E-state index is 6.48. The summed E-state index contributed by atoms with van der Waals surface area (Å²) in [5.74, 6) is 0.665. The van der Waals surface area contributed by atoms with Gasteiger partial charge in [0.2, 0.25) is 0 Å². The second kappa shape index (κ2) is 12.9. The first kappa shape index (κ1) is 32.1. The highest BCUT2D eigenvalue weighted by atomic mass is 16.3. The maximum Gasteiger partial charge on any atom is 0.161 e. The smallest absolute Gasteiger partial charge is 0.161 e. The van der Waals surface area contributed by atoms with Crippen LogP contribution in [0.25, 0.3) is 78.1 Å². The van der Waals surface area contributed by atoms with Crippen molar-refractivity contribution in [1.29, 1.82) is 0 Å². The summed E-state index contributed by atoms with van der Waals surface area (Å²) in [7, 11) is 0. The van der Waals surface area contributed by atoms with Crippen LogP contribution in [0.15, 0.2) is 211 Å². The number of hydrogen-bond donors (Lipinski definition) is 0. The van der Waals surface area contributed by atoms with Crippen LogP contribution in [0.3, 0.4) is 0 Å². The lowest BCUT2D eigenvalue weighted by molar-refractivity contribution is 0.669. The predicted octanol–water partition coefficient (Wildman–Crippen LogP) is 13.4. The Morgan fingerprint density at radius 3 is 1.55 bits per heavy atom. The second-order valence-corrected chi connectivity index (χ2v) is 14.5. The third-order valence-electron chi connectivity index (χ3n) is 11.4. The van der Waals surface area contributed by atoms with Crippen molar-refractivity contribution >= 4 is 21.9 Å². The van der Waals surface area contributed by atoms with E-state index in [4.69, 9.17) is 14.4 Å². The van der Waals surface area contributed by atoms with Crippen LogP contribution in [0.2, 0.25) is 0 Å². The van der Waals surface area contributed by atoms with Crippen LogP contribution in [0.1, 0.15) is 22.3 Å². The fraction of sp³-hybridized carbons (Fsp3) is 0.0189. The molecule has 0 saturated carbocycles. The Morgan fingerprint density at radius 2 is 0.893 bits per heavy atom. The fourth-order valence-corrected chi connectivity index (χ4v) is 8.89. The molecule has 2 aromatic heterocycles. The van der Waals surface area contributed by atoms with Crippen LogP contribution in [-0.4, -0.2) is 9.97 Å². The highest BCUT2D eigenvalue weighted by Gasteiger charge is 2.46.